The Morgan fingerprint density at radius 3 is 2.59 bits per heavy atom. The molecule has 0 spiro atoms. The molecule has 2 aromatic rings. The van der Waals surface area contributed by atoms with Crippen LogP contribution in [0.4, 0.5) is 4.39 Å². The quantitative estimate of drug-likeness (QED) is 0.847. The van der Waals surface area contributed by atoms with E-state index in [0.29, 0.717) is 16.1 Å². The fourth-order valence-electron chi connectivity index (χ4n) is 1.96. The third-order valence-electron chi connectivity index (χ3n) is 3.01. The van der Waals surface area contributed by atoms with Gasteiger partial charge < -0.3 is 5.11 Å². The minimum absolute atomic E-state index is 0.207. The molecule has 1 unspecified atom stereocenters. The minimum Gasteiger partial charge on any atom is -0.387 e. The number of halogens is 2. The van der Waals surface area contributed by atoms with Crippen LogP contribution >= 0.6 is 11.6 Å². The highest BCUT2D eigenvalue weighted by molar-refractivity contribution is 7.88. The Hall–Kier alpha value is -1.47. The average Bonchev–Trinajstić information content (AvgIpc) is 2.45. The molecule has 0 saturated heterocycles. The van der Waals surface area contributed by atoms with Gasteiger partial charge in [-0.25, -0.2) is 17.5 Å². The van der Waals surface area contributed by atoms with Gasteiger partial charge in [0.1, 0.15) is 5.82 Å². The van der Waals surface area contributed by atoms with Gasteiger partial charge >= 0.3 is 0 Å². The summed E-state index contributed by atoms with van der Waals surface area (Å²) in [5.41, 5.74) is 0.775. The summed E-state index contributed by atoms with van der Waals surface area (Å²) in [5.74, 6) is -0.858. The number of benzene rings is 2. The lowest BCUT2D eigenvalue weighted by molar-refractivity contribution is 0.182. The second kappa shape index (κ2) is 7.19. The van der Waals surface area contributed by atoms with Crippen LogP contribution < -0.4 is 4.72 Å². The Bertz CT molecular complexity index is 752. The molecule has 0 fully saturated rings. The molecule has 0 amide bonds. The predicted molar refractivity (Wildman–Crippen MR) is 83.4 cm³/mol. The molecule has 0 aliphatic rings. The van der Waals surface area contributed by atoms with Crippen LogP contribution in [-0.2, 0) is 15.8 Å². The van der Waals surface area contributed by atoms with Gasteiger partial charge in [0.25, 0.3) is 0 Å². The lowest BCUT2D eigenvalue weighted by Gasteiger charge is -2.14. The number of hydrogen-bond donors (Lipinski definition) is 2. The number of sulfonamides is 1. The van der Waals surface area contributed by atoms with Crippen molar-refractivity contribution in [2.75, 3.05) is 6.54 Å². The summed E-state index contributed by atoms with van der Waals surface area (Å²) in [7, 11) is -3.69. The highest BCUT2D eigenvalue weighted by atomic mass is 35.5. The lowest BCUT2D eigenvalue weighted by Crippen LogP contribution is -2.29. The van der Waals surface area contributed by atoms with Crippen molar-refractivity contribution in [1.29, 1.82) is 0 Å². The Labute approximate surface area is 133 Å². The first-order valence-electron chi connectivity index (χ1n) is 6.52. The van der Waals surface area contributed by atoms with Gasteiger partial charge in [0.2, 0.25) is 10.0 Å². The summed E-state index contributed by atoms with van der Waals surface area (Å²) in [6.07, 6.45) is -1.06. The molecule has 22 heavy (non-hydrogen) atoms. The molecule has 2 aromatic carbocycles. The molecule has 0 bridgehead atoms. The monoisotopic (exact) mass is 343 g/mol. The third-order valence-corrected chi connectivity index (χ3v) is 4.67. The highest BCUT2D eigenvalue weighted by Crippen LogP contribution is 2.22. The van der Waals surface area contributed by atoms with Gasteiger partial charge in [0, 0.05) is 17.1 Å². The van der Waals surface area contributed by atoms with E-state index < -0.39 is 21.9 Å². The fraction of sp³-hybridized carbons (Fsp3) is 0.200. The zero-order chi connectivity index (χ0) is 16.2. The molecule has 0 aliphatic heterocycles. The van der Waals surface area contributed by atoms with E-state index in [1.165, 1.54) is 18.2 Å². The molecule has 2 rings (SSSR count). The second-order valence-corrected chi connectivity index (χ2v) is 6.99. The van der Waals surface area contributed by atoms with E-state index >= 15 is 0 Å². The zero-order valence-corrected chi connectivity index (χ0v) is 13.1. The molecular weight excluding hydrogens is 329 g/mol. The fourth-order valence-corrected chi connectivity index (χ4v) is 3.35. The van der Waals surface area contributed by atoms with Crippen LogP contribution in [0.3, 0.4) is 0 Å². The Morgan fingerprint density at radius 1 is 1.18 bits per heavy atom. The number of aliphatic hydroxyl groups is 1. The van der Waals surface area contributed by atoms with Crippen molar-refractivity contribution in [2.24, 2.45) is 0 Å². The maximum atomic E-state index is 13.1. The summed E-state index contributed by atoms with van der Waals surface area (Å²) in [5, 5.41) is 10.4. The van der Waals surface area contributed by atoms with Crippen LogP contribution in [0.2, 0.25) is 5.02 Å². The molecule has 1 atom stereocenters. The maximum Gasteiger partial charge on any atom is 0.215 e. The molecule has 2 N–H and O–H groups in total. The largest absolute Gasteiger partial charge is 0.387 e. The molecule has 4 nitrogen and oxygen atoms in total. The van der Waals surface area contributed by atoms with Gasteiger partial charge in [-0.1, -0.05) is 41.9 Å². The third kappa shape index (κ3) is 4.78. The standard InChI is InChI=1S/C15H15ClFNO3S/c16-14-7-2-1-6-13(14)15(19)9-18-22(20,21)10-11-4-3-5-12(17)8-11/h1-8,15,18-19H,9-10H2. The topological polar surface area (TPSA) is 66.4 Å². The van der Waals surface area contributed by atoms with Gasteiger partial charge in [0.05, 0.1) is 11.9 Å². The Balaban J connectivity index is 1.99. The van der Waals surface area contributed by atoms with Crippen LogP contribution in [0.5, 0.6) is 0 Å². The van der Waals surface area contributed by atoms with E-state index in [-0.39, 0.29) is 12.3 Å². The van der Waals surface area contributed by atoms with Crippen LogP contribution in [0.25, 0.3) is 0 Å². The van der Waals surface area contributed by atoms with E-state index in [1.807, 2.05) is 0 Å². The molecule has 0 aliphatic carbocycles. The number of hydrogen-bond acceptors (Lipinski definition) is 3. The van der Waals surface area contributed by atoms with Crippen molar-refractivity contribution in [1.82, 2.24) is 4.72 Å². The van der Waals surface area contributed by atoms with Gasteiger partial charge in [-0.15, -0.1) is 0 Å². The zero-order valence-electron chi connectivity index (χ0n) is 11.5. The Kier molecular flexibility index (Phi) is 5.52. The van der Waals surface area contributed by atoms with Crippen LogP contribution in [0, 0.1) is 5.82 Å². The van der Waals surface area contributed by atoms with Crippen LogP contribution in [-0.4, -0.2) is 20.1 Å². The molecule has 7 heteroatoms. The van der Waals surface area contributed by atoms with Crippen molar-refractivity contribution >= 4 is 21.6 Å². The molecule has 0 saturated carbocycles. The van der Waals surface area contributed by atoms with E-state index in [4.69, 9.17) is 11.6 Å². The van der Waals surface area contributed by atoms with Crippen LogP contribution in [0.15, 0.2) is 48.5 Å². The summed E-state index contributed by atoms with van der Waals surface area (Å²) in [6, 6.07) is 12.0. The summed E-state index contributed by atoms with van der Waals surface area (Å²) in [6.45, 7) is -0.207. The van der Waals surface area contributed by atoms with E-state index in [9.17, 15) is 17.9 Å². The molecular formula is C15H15ClFNO3S. The first kappa shape index (κ1) is 16.9. The molecule has 0 aromatic heterocycles. The first-order valence-corrected chi connectivity index (χ1v) is 8.55. The molecule has 0 radical (unpaired) electrons. The Morgan fingerprint density at radius 2 is 1.91 bits per heavy atom. The van der Waals surface area contributed by atoms with Crippen LogP contribution in [0.1, 0.15) is 17.2 Å². The van der Waals surface area contributed by atoms with Gasteiger partial charge in [-0.05, 0) is 23.8 Å². The van der Waals surface area contributed by atoms with Gasteiger partial charge in [-0.2, -0.15) is 0 Å². The smallest absolute Gasteiger partial charge is 0.215 e. The normalized spacial score (nSPS) is 13.0. The first-order chi connectivity index (χ1) is 10.4. The number of nitrogens with one attached hydrogen (secondary N) is 1. The van der Waals surface area contributed by atoms with Gasteiger partial charge in [0.15, 0.2) is 0 Å². The van der Waals surface area contributed by atoms with Crippen molar-refractivity contribution in [2.45, 2.75) is 11.9 Å². The summed E-state index contributed by atoms with van der Waals surface area (Å²) < 4.78 is 39.3. The SMILES string of the molecule is O=S(=O)(Cc1cccc(F)c1)NCC(O)c1ccccc1Cl. The van der Waals surface area contributed by atoms with Crippen molar-refractivity contribution in [3.63, 3.8) is 0 Å². The number of aliphatic hydroxyl groups excluding tert-OH is 1. The minimum atomic E-state index is -3.69. The van der Waals surface area contributed by atoms with Crippen molar-refractivity contribution in [3.05, 3.63) is 70.5 Å². The van der Waals surface area contributed by atoms with E-state index in [1.54, 1.807) is 24.3 Å². The molecule has 118 valence electrons. The van der Waals surface area contributed by atoms with Gasteiger partial charge in [-0.3, -0.25) is 0 Å². The predicted octanol–water partition coefficient (Wildman–Crippen LogP) is 2.63. The maximum absolute atomic E-state index is 13.1. The van der Waals surface area contributed by atoms with Crippen molar-refractivity contribution < 1.29 is 17.9 Å². The lowest BCUT2D eigenvalue weighted by atomic mass is 10.1. The van der Waals surface area contributed by atoms with Crippen molar-refractivity contribution in [3.8, 4) is 0 Å². The van der Waals surface area contributed by atoms with E-state index in [0.717, 1.165) is 6.07 Å². The van der Waals surface area contributed by atoms with E-state index in [2.05, 4.69) is 4.72 Å². The average molecular weight is 344 g/mol. The second-order valence-electron chi connectivity index (χ2n) is 4.77. The highest BCUT2D eigenvalue weighted by Gasteiger charge is 2.16. The number of rotatable bonds is 6. The summed E-state index contributed by atoms with van der Waals surface area (Å²) in [4.78, 5) is 0. The molecule has 0 heterocycles. The summed E-state index contributed by atoms with van der Waals surface area (Å²) >= 11 is 5.94.